The Balaban J connectivity index is 2.23. The van der Waals surface area contributed by atoms with Gasteiger partial charge in [-0.25, -0.2) is 9.37 Å². The molecule has 2 aromatic rings. The van der Waals surface area contributed by atoms with Crippen molar-refractivity contribution in [1.82, 2.24) is 14.9 Å². The first-order valence-corrected chi connectivity index (χ1v) is 5.83. The summed E-state index contributed by atoms with van der Waals surface area (Å²) in [6.07, 6.45) is -4.25. The quantitative estimate of drug-likeness (QED) is 0.870. The first kappa shape index (κ1) is 13.8. The third-order valence-corrected chi connectivity index (χ3v) is 2.71. The van der Waals surface area contributed by atoms with E-state index in [1.54, 1.807) is 4.57 Å². The molecule has 1 aromatic carbocycles. The molecule has 0 aliphatic heterocycles. The second kappa shape index (κ2) is 5.16. The molecule has 0 atom stereocenters. The number of aryl methyl sites for hydroxylation is 1. The van der Waals surface area contributed by atoms with Gasteiger partial charge >= 0.3 is 6.18 Å². The van der Waals surface area contributed by atoms with E-state index < -0.39 is 18.5 Å². The predicted molar refractivity (Wildman–Crippen MR) is 63.1 cm³/mol. The van der Waals surface area contributed by atoms with Crippen LogP contribution in [0, 0.1) is 5.82 Å². The van der Waals surface area contributed by atoms with Crippen LogP contribution in [0.1, 0.15) is 12.7 Å². The Bertz CT molecular complexity index is 574. The van der Waals surface area contributed by atoms with Gasteiger partial charge < -0.3 is 9.88 Å². The summed E-state index contributed by atoms with van der Waals surface area (Å²) in [6, 6.07) is 4.13. The van der Waals surface area contributed by atoms with E-state index in [0.29, 0.717) is 23.4 Å². The van der Waals surface area contributed by atoms with Crippen molar-refractivity contribution >= 4 is 11.0 Å². The van der Waals surface area contributed by atoms with Gasteiger partial charge in [0.2, 0.25) is 0 Å². The number of nitrogens with one attached hydrogen (secondary N) is 1. The lowest BCUT2D eigenvalue weighted by atomic mass is 10.3. The molecule has 1 aromatic heterocycles. The predicted octanol–water partition coefficient (Wildman–Crippen LogP) is 2.85. The zero-order valence-electron chi connectivity index (χ0n) is 10.3. The zero-order chi connectivity index (χ0) is 14.0. The number of imidazole rings is 1. The highest BCUT2D eigenvalue weighted by molar-refractivity contribution is 5.76. The fourth-order valence-electron chi connectivity index (χ4n) is 1.95. The molecular weight excluding hydrogens is 262 g/mol. The first-order valence-electron chi connectivity index (χ1n) is 5.83. The van der Waals surface area contributed by atoms with Crippen LogP contribution >= 0.6 is 0 Å². The second-order valence-corrected chi connectivity index (χ2v) is 4.12. The molecule has 0 spiro atoms. The molecule has 0 amide bonds. The van der Waals surface area contributed by atoms with Crippen LogP contribution in [-0.4, -0.2) is 22.3 Å². The van der Waals surface area contributed by atoms with E-state index in [1.165, 1.54) is 18.2 Å². The number of rotatable bonds is 4. The van der Waals surface area contributed by atoms with Gasteiger partial charge in [-0.1, -0.05) is 0 Å². The van der Waals surface area contributed by atoms with Crippen molar-refractivity contribution in [2.75, 3.05) is 6.54 Å². The maximum absolute atomic E-state index is 13.2. The van der Waals surface area contributed by atoms with Crippen LogP contribution < -0.4 is 5.32 Å². The SMILES string of the molecule is CCn1c(CNCC(F)(F)F)nc2ccc(F)cc21. The first-order chi connectivity index (χ1) is 8.90. The molecule has 1 N–H and O–H groups in total. The lowest BCUT2D eigenvalue weighted by molar-refractivity contribution is -0.125. The Hall–Kier alpha value is -1.63. The van der Waals surface area contributed by atoms with Gasteiger partial charge in [-0.2, -0.15) is 13.2 Å². The molecule has 0 aliphatic carbocycles. The summed E-state index contributed by atoms with van der Waals surface area (Å²) in [4.78, 5) is 4.21. The highest BCUT2D eigenvalue weighted by atomic mass is 19.4. The van der Waals surface area contributed by atoms with Crippen LogP contribution in [0.25, 0.3) is 11.0 Å². The minimum Gasteiger partial charge on any atom is -0.327 e. The Kier molecular flexibility index (Phi) is 3.75. The molecule has 0 radical (unpaired) electrons. The number of benzene rings is 1. The maximum Gasteiger partial charge on any atom is 0.401 e. The van der Waals surface area contributed by atoms with Crippen molar-refractivity contribution in [3.63, 3.8) is 0 Å². The van der Waals surface area contributed by atoms with E-state index in [2.05, 4.69) is 10.3 Å². The van der Waals surface area contributed by atoms with Crippen LogP contribution in [0.2, 0.25) is 0 Å². The van der Waals surface area contributed by atoms with Crippen molar-refractivity contribution in [1.29, 1.82) is 0 Å². The molecule has 0 saturated carbocycles. The molecule has 0 unspecified atom stereocenters. The standard InChI is InChI=1S/C12H13F4N3/c1-2-19-10-5-8(13)3-4-9(10)18-11(19)6-17-7-12(14,15)16/h3-5,17H,2,6-7H2,1H3. The molecule has 7 heteroatoms. The van der Waals surface area contributed by atoms with Crippen molar-refractivity contribution in [2.24, 2.45) is 0 Å². The Morgan fingerprint density at radius 2 is 2.05 bits per heavy atom. The summed E-state index contributed by atoms with van der Waals surface area (Å²) in [5.74, 6) is 0.0734. The van der Waals surface area contributed by atoms with Gasteiger partial charge in [-0.3, -0.25) is 0 Å². The van der Waals surface area contributed by atoms with Gasteiger partial charge in [-0.15, -0.1) is 0 Å². The van der Waals surface area contributed by atoms with Crippen molar-refractivity contribution in [3.8, 4) is 0 Å². The summed E-state index contributed by atoms with van der Waals surface area (Å²) in [7, 11) is 0. The van der Waals surface area contributed by atoms with Crippen LogP contribution in [0.4, 0.5) is 17.6 Å². The third kappa shape index (κ3) is 3.23. The highest BCUT2D eigenvalue weighted by Crippen LogP contribution is 2.18. The van der Waals surface area contributed by atoms with Crippen molar-refractivity contribution in [2.45, 2.75) is 26.2 Å². The number of nitrogens with zero attached hydrogens (tertiary/aromatic N) is 2. The Morgan fingerprint density at radius 3 is 2.68 bits per heavy atom. The minimum absolute atomic E-state index is 0.0103. The van der Waals surface area contributed by atoms with Gasteiger partial charge in [0.25, 0.3) is 0 Å². The number of aromatic nitrogens is 2. The van der Waals surface area contributed by atoms with E-state index in [9.17, 15) is 17.6 Å². The van der Waals surface area contributed by atoms with E-state index >= 15 is 0 Å². The minimum atomic E-state index is -4.25. The topological polar surface area (TPSA) is 29.9 Å². The molecule has 0 fully saturated rings. The van der Waals surface area contributed by atoms with Gasteiger partial charge in [0.1, 0.15) is 11.6 Å². The fourth-order valence-corrected chi connectivity index (χ4v) is 1.95. The van der Waals surface area contributed by atoms with Crippen LogP contribution in [0.15, 0.2) is 18.2 Å². The average molecular weight is 275 g/mol. The zero-order valence-corrected chi connectivity index (χ0v) is 10.3. The highest BCUT2D eigenvalue weighted by Gasteiger charge is 2.26. The second-order valence-electron chi connectivity index (χ2n) is 4.12. The van der Waals surface area contributed by atoms with Crippen LogP contribution in [-0.2, 0) is 13.1 Å². The van der Waals surface area contributed by atoms with E-state index in [0.717, 1.165) is 0 Å². The van der Waals surface area contributed by atoms with E-state index in [4.69, 9.17) is 0 Å². The van der Waals surface area contributed by atoms with Gasteiger partial charge in [0.15, 0.2) is 0 Å². The largest absolute Gasteiger partial charge is 0.401 e. The molecule has 1 heterocycles. The lowest BCUT2D eigenvalue weighted by Crippen LogP contribution is -2.29. The summed E-state index contributed by atoms with van der Waals surface area (Å²) < 4.78 is 51.0. The molecule has 0 aliphatic rings. The van der Waals surface area contributed by atoms with E-state index in [-0.39, 0.29) is 6.54 Å². The number of halogens is 4. The van der Waals surface area contributed by atoms with Gasteiger partial charge in [-0.05, 0) is 25.1 Å². The third-order valence-electron chi connectivity index (χ3n) is 2.71. The molecule has 104 valence electrons. The van der Waals surface area contributed by atoms with Crippen molar-refractivity contribution < 1.29 is 17.6 Å². The number of hydrogen-bond donors (Lipinski definition) is 1. The Labute approximate surface area is 107 Å². The summed E-state index contributed by atoms with van der Waals surface area (Å²) >= 11 is 0. The summed E-state index contributed by atoms with van der Waals surface area (Å²) in [5.41, 5.74) is 1.17. The molecule has 0 bridgehead atoms. The smallest absolute Gasteiger partial charge is 0.327 e. The molecule has 3 nitrogen and oxygen atoms in total. The lowest BCUT2D eigenvalue weighted by Gasteiger charge is -2.09. The van der Waals surface area contributed by atoms with Crippen LogP contribution in [0.5, 0.6) is 0 Å². The maximum atomic E-state index is 13.2. The number of fused-ring (bicyclic) bond motifs is 1. The van der Waals surface area contributed by atoms with E-state index in [1.807, 2.05) is 6.92 Å². The normalized spacial score (nSPS) is 12.3. The number of hydrogen-bond acceptors (Lipinski definition) is 2. The van der Waals surface area contributed by atoms with Crippen LogP contribution in [0.3, 0.4) is 0 Å². The monoisotopic (exact) mass is 275 g/mol. The van der Waals surface area contributed by atoms with Gasteiger partial charge in [0, 0.05) is 6.54 Å². The fraction of sp³-hybridized carbons (Fsp3) is 0.417. The molecule has 0 saturated heterocycles. The summed E-state index contributed by atoms with van der Waals surface area (Å²) in [5, 5.41) is 2.29. The molecule has 2 rings (SSSR count). The Morgan fingerprint density at radius 1 is 1.32 bits per heavy atom. The molecular formula is C12H13F4N3. The number of alkyl halides is 3. The average Bonchev–Trinajstić information content (AvgIpc) is 2.64. The van der Waals surface area contributed by atoms with Crippen molar-refractivity contribution in [3.05, 3.63) is 29.8 Å². The van der Waals surface area contributed by atoms with Gasteiger partial charge in [0.05, 0.1) is 24.1 Å². The molecule has 19 heavy (non-hydrogen) atoms. The summed E-state index contributed by atoms with van der Waals surface area (Å²) in [6.45, 7) is 1.26.